The molecule has 2 amide bonds. The van der Waals surface area contributed by atoms with Gasteiger partial charge in [-0.25, -0.2) is 0 Å². The van der Waals surface area contributed by atoms with Gasteiger partial charge in [0.05, 0.1) is 0 Å². The maximum atomic E-state index is 12.6. The van der Waals surface area contributed by atoms with Crippen molar-refractivity contribution in [3.8, 4) is 0 Å². The topological polar surface area (TPSA) is 49.4 Å². The molecule has 0 atom stereocenters. The SMILES string of the molecule is CN(CCc1ccc(Br)cc1)C(=O)c1ccc2c(c1)CCC(=O)N2. The summed E-state index contributed by atoms with van der Waals surface area (Å²) in [6.45, 7) is 0.661. The van der Waals surface area contributed by atoms with Gasteiger partial charge in [-0.1, -0.05) is 28.1 Å². The Hall–Kier alpha value is -2.14. The Morgan fingerprint density at radius 1 is 1.17 bits per heavy atom. The highest BCUT2D eigenvalue weighted by molar-refractivity contribution is 9.10. The average Bonchev–Trinajstić information content (AvgIpc) is 2.60. The molecule has 0 saturated carbocycles. The molecule has 0 bridgehead atoms. The molecule has 5 heteroatoms. The van der Waals surface area contributed by atoms with E-state index >= 15 is 0 Å². The zero-order valence-corrected chi connectivity index (χ0v) is 15.1. The van der Waals surface area contributed by atoms with Gasteiger partial charge in [0.15, 0.2) is 0 Å². The maximum Gasteiger partial charge on any atom is 0.253 e. The fraction of sp³-hybridized carbons (Fsp3) is 0.263. The van der Waals surface area contributed by atoms with E-state index < -0.39 is 0 Å². The first kappa shape index (κ1) is 16.7. The van der Waals surface area contributed by atoms with Crippen LogP contribution in [0.3, 0.4) is 0 Å². The Balaban J connectivity index is 1.65. The van der Waals surface area contributed by atoms with Crippen molar-refractivity contribution in [2.24, 2.45) is 0 Å². The van der Waals surface area contributed by atoms with Crippen LogP contribution in [-0.4, -0.2) is 30.3 Å². The lowest BCUT2D eigenvalue weighted by molar-refractivity contribution is -0.116. The molecule has 1 N–H and O–H groups in total. The molecule has 2 aromatic carbocycles. The summed E-state index contributed by atoms with van der Waals surface area (Å²) < 4.78 is 1.05. The van der Waals surface area contributed by atoms with Gasteiger partial charge >= 0.3 is 0 Å². The van der Waals surface area contributed by atoms with Crippen molar-refractivity contribution in [2.45, 2.75) is 19.3 Å². The number of nitrogens with one attached hydrogen (secondary N) is 1. The Morgan fingerprint density at radius 3 is 2.67 bits per heavy atom. The first-order valence-corrected chi connectivity index (χ1v) is 8.75. The monoisotopic (exact) mass is 386 g/mol. The molecule has 3 rings (SSSR count). The van der Waals surface area contributed by atoms with Crippen LogP contribution in [0, 0.1) is 0 Å². The third kappa shape index (κ3) is 3.85. The van der Waals surface area contributed by atoms with E-state index in [-0.39, 0.29) is 11.8 Å². The number of rotatable bonds is 4. The fourth-order valence-corrected chi connectivity index (χ4v) is 3.05. The summed E-state index contributed by atoms with van der Waals surface area (Å²) in [5.74, 6) is 0.0417. The summed E-state index contributed by atoms with van der Waals surface area (Å²) in [5, 5.41) is 2.84. The van der Waals surface area contributed by atoms with E-state index in [0.717, 1.165) is 22.1 Å². The van der Waals surface area contributed by atoms with Gasteiger partial charge in [-0.05, 0) is 54.3 Å². The van der Waals surface area contributed by atoms with Crippen LogP contribution < -0.4 is 5.32 Å². The number of aryl methyl sites for hydroxylation is 1. The molecule has 1 aliphatic heterocycles. The Kier molecular flexibility index (Phi) is 5.00. The van der Waals surface area contributed by atoms with Crippen molar-refractivity contribution in [1.82, 2.24) is 4.90 Å². The number of fused-ring (bicyclic) bond motifs is 1. The highest BCUT2D eigenvalue weighted by atomic mass is 79.9. The van der Waals surface area contributed by atoms with Crippen molar-refractivity contribution in [3.63, 3.8) is 0 Å². The molecule has 2 aromatic rings. The molecule has 0 aliphatic carbocycles. The molecule has 1 aliphatic rings. The van der Waals surface area contributed by atoms with Crippen molar-refractivity contribution in [1.29, 1.82) is 0 Å². The first-order valence-electron chi connectivity index (χ1n) is 7.95. The second kappa shape index (κ2) is 7.18. The number of amides is 2. The van der Waals surface area contributed by atoms with Gasteiger partial charge in [0.25, 0.3) is 5.91 Å². The number of nitrogens with zero attached hydrogens (tertiary/aromatic N) is 1. The largest absolute Gasteiger partial charge is 0.341 e. The lowest BCUT2D eigenvalue weighted by Crippen LogP contribution is -2.29. The zero-order chi connectivity index (χ0) is 17.1. The molecule has 0 aromatic heterocycles. The molecule has 124 valence electrons. The number of anilines is 1. The summed E-state index contributed by atoms with van der Waals surface area (Å²) in [7, 11) is 1.82. The van der Waals surface area contributed by atoms with E-state index in [0.29, 0.717) is 24.9 Å². The number of benzene rings is 2. The smallest absolute Gasteiger partial charge is 0.253 e. The lowest BCUT2D eigenvalue weighted by Gasteiger charge is -2.20. The molecule has 1 heterocycles. The quantitative estimate of drug-likeness (QED) is 0.871. The standard InChI is InChI=1S/C19H19BrN2O2/c1-22(11-10-13-2-6-16(20)7-3-13)19(24)15-4-8-17-14(12-15)5-9-18(23)21-17/h2-4,6-8,12H,5,9-11H2,1H3,(H,21,23). The van der Waals surface area contributed by atoms with Crippen molar-refractivity contribution < 1.29 is 9.59 Å². The molecule has 0 unspecified atom stereocenters. The molecule has 24 heavy (non-hydrogen) atoms. The summed E-state index contributed by atoms with van der Waals surface area (Å²) in [6, 6.07) is 13.6. The number of carbonyl (C=O) groups excluding carboxylic acids is 2. The summed E-state index contributed by atoms with van der Waals surface area (Å²) in [5.41, 5.74) is 3.72. The van der Waals surface area contributed by atoms with E-state index in [1.165, 1.54) is 5.56 Å². The number of hydrogen-bond donors (Lipinski definition) is 1. The minimum atomic E-state index is 0.00631. The van der Waals surface area contributed by atoms with Crippen LogP contribution in [0.2, 0.25) is 0 Å². The summed E-state index contributed by atoms with van der Waals surface area (Å²) >= 11 is 3.42. The van der Waals surface area contributed by atoms with Crippen LogP contribution in [0.5, 0.6) is 0 Å². The van der Waals surface area contributed by atoms with Crippen LogP contribution in [0.15, 0.2) is 46.9 Å². The molecule has 0 radical (unpaired) electrons. The highest BCUT2D eigenvalue weighted by Crippen LogP contribution is 2.24. The van der Waals surface area contributed by atoms with Gasteiger partial charge in [0.1, 0.15) is 0 Å². The van der Waals surface area contributed by atoms with Gasteiger partial charge in [-0.15, -0.1) is 0 Å². The van der Waals surface area contributed by atoms with E-state index in [1.807, 2.05) is 31.3 Å². The second-order valence-corrected chi connectivity index (χ2v) is 6.94. The minimum Gasteiger partial charge on any atom is -0.341 e. The Bertz CT molecular complexity index is 771. The van der Waals surface area contributed by atoms with E-state index in [1.54, 1.807) is 11.0 Å². The predicted octanol–water partition coefficient (Wildman–Crippen LogP) is 3.65. The Morgan fingerprint density at radius 2 is 1.92 bits per heavy atom. The minimum absolute atomic E-state index is 0.00631. The molecule has 4 nitrogen and oxygen atoms in total. The molecule has 0 saturated heterocycles. The molecular weight excluding hydrogens is 368 g/mol. The predicted molar refractivity (Wildman–Crippen MR) is 98.2 cm³/mol. The van der Waals surface area contributed by atoms with E-state index in [2.05, 4.69) is 33.4 Å². The molecule has 0 fully saturated rings. The van der Waals surface area contributed by atoms with Gasteiger partial charge in [0.2, 0.25) is 5.91 Å². The summed E-state index contributed by atoms with van der Waals surface area (Å²) in [6.07, 6.45) is 1.98. The molecule has 0 spiro atoms. The normalized spacial score (nSPS) is 13.2. The van der Waals surface area contributed by atoms with Crippen molar-refractivity contribution >= 4 is 33.4 Å². The molecular formula is C19H19BrN2O2. The van der Waals surface area contributed by atoms with Crippen LogP contribution in [-0.2, 0) is 17.6 Å². The number of likely N-dealkylation sites (N-methyl/N-ethyl adjacent to an activating group) is 1. The van der Waals surface area contributed by atoms with E-state index in [9.17, 15) is 9.59 Å². The highest BCUT2D eigenvalue weighted by Gasteiger charge is 2.18. The second-order valence-electron chi connectivity index (χ2n) is 6.02. The third-order valence-electron chi connectivity index (χ3n) is 4.24. The number of halogens is 1. The van der Waals surface area contributed by atoms with Gasteiger partial charge in [-0.3, -0.25) is 9.59 Å². The number of carbonyl (C=O) groups is 2. The first-order chi connectivity index (χ1) is 11.5. The van der Waals surface area contributed by atoms with Crippen LogP contribution in [0.25, 0.3) is 0 Å². The van der Waals surface area contributed by atoms with Crippen molar-refractivity contribution in [2.75, 3.05) is 18.9 Å². The van der Waals surface area contributed by atoms with Crippen LogP contribution in [0.4, 0.5) is 5.69 Å². The fourth-order valence-electron chi connectivity index (χ4n) is 2.79. The van der Waals surface area contributed by atoms with E-state index in [4.69, 9.17) is 0 Å². The van der Waals surface area contributed by atoms with Crippen molar-refractivity contribution in [3.05, 3.63) is 63.6 Å². The van der Waals surface area contributed by atoms with Gasteiger partial charge in [-0.2, -0.15) is 0 Å². The lowest BCUT2D eigenvalue weighted by atomic mass is 10.00. The summed E-state index contributed by atoms with van der Waals surface area (Å²) in [4.78, 5) is 25.7. The third-order valence-corrected chi connectivity index (χ3v) is 4.77. The number of hydrogen-bond acceptors (Lipinski definition) is 2. The van der Waals surface area contributed by atoms with Crippen LogP contribution >= 0.6 is 15.9 Å². The zero-order valence-electron chi connectivity index (χ0n) is 13.5. The van der Waals surface area contributed by atoms with Crippen LogP contribution in [0.1, 0.15) is 27.9 Å². The van der Waals surface area contributed by atoms with Gasteiger partial charge in [0, 0.05) is 35.7 Å². The van der Waals surface area contributed by atoms with Gasteiger partial charge < -0.3 is 10.2 Å². The maximum absolute atomic E-state index is 12.6. The Labute approximate surface area is 150 Å². The average molecular weight is 387 g/mol.